The van der Waals surface area contributed by atoms with E-state index in [1.54, 1.807) is 11.3 Å². The highest BCUT2D eigenvalue weighted by molar-refractivity contribution is 9.10. The number of benzene rings is 1. The molecule has 19 heavy (non-hydrogen) atoms. The summed E-state index contributed by atoms with van der Waals surface area (Å²) in [4.78, 5) is 8.93. The van der Waals surface area contributed by atoms with Gasteiger partial charge in [0.15, 0.2) is 5.13 Å². The van der Waals surface area contributed by atoms with E-state index in [2.05, 4.69) is 50.3 Å². The van der Waals surface area contributed by atoms with E-state index < -0.39 is 0 Å². The number of thiazole rings is 1. The molecule has 0 aliphatic carbocycles. The molecule has 2 heterocycles. The third-order valence-electron chi connectivity index (χ3n) is 2.75. The van der Waals surface area contributed by atoms with E-state index >= 15 is 0 Å². The van der Waals surface area contributed by atoms with Crippen LogP contribution in [0.3, 0.4) is 0 Å². The number of halogens is 1. The van der Waals surface area contributed by atoms with E-state index in [0.29, 0.717) is 0 Å². The van der Waals surface area contributed by atoms with Gasteiger partial charge in [0.05, 0.1) is 14.7 Å². The number of pyridine rings is 1. The first-order chi connectivity index (χ1) is 9.11. The molecule has 0 saturated heterocycles. The van der Waals surface area contributed by atoms with Crippen LogP contribution in [0, 0.1) is 13.8 Å². The van der Waals surface area contributed by atoms with Crippen LogP contribution in [-0.2, 0) is 0 Å². The van der Waals surface area contributed by atoms with Crippen molar-refractivity contribution in [3.8, 4) is 0 Å². The first kappa shape index (κ1) is 12.6. The van der Waals surface area contributed by atoms with Gasteiger partial charge in [0, 0.05) is 6.20 Å². The van der Waals surface area contributed by atoms with Crippen LogP contribution in [-0.4, -0.2) is 9.97 Å². The van der Waals surface area contributed by atoms with Crippen LogP contribution in [0.2, 0.25) is 0 Å². The summed E-state index contributed by atoms with van der Waals surface area (Å²) in [6.07, 6.45) is 1.84. The molecule has 5 heteroatoms. The number of aryl methyl sites for hydroxylation is 2. The minimum Gasteiger partial charge on any atom is -0.315 e. The highest BCUT2D eigenvalue weighted by Gasteiger charge is 2.07. The summed E-state index contributed by atoms with van der Waals surface area (Å²) < 4.78 is 2.13. The number of aromatic nitrogens is 2. The molecular formula is C14H12BrN3S. The Kier molecular flexibility index (Phi) is 3.24. The van der Waals surface area contributed by atoms with Crippen molar-refractivity contribution in [1.29, 1.82) is 0 Å². The standard InChI is InChI=1S/C14H12BrN3S/c1-8-3-4-11-12(6-8)19-14(17-11)18-13-10(15)5-9(2)7-16-13/h3-7H,1-2H3,(H,16,17,18). The molecule has 1 aromatic carbocycles. The molecule has 0 atom stereocenters. The van der Waals surface area contributed by atoms with Gasteiger partial charge in [0.25, 0.3) is 0 Å². The molecule has 3 aromatic rings. The van der Waals surface area contributed by atoms with Crippen molar-refractivity contribution in [3.05, 3.63) is 46.1 Å². The van der Waals surface area contributed by atoms with E-state index in [9.17, 15) is 0 Å². The first-order valence-electron chi connectivity index (χ1n) is 5.88. The number of anilines is 2. The van der Waals surface area contributed by atoms with Crippen LogP contribution in [0.1, 0.15) is 11.1 Å². The van der Waals surface area contributed by atoms with Gasteiger partial charge in [-0.2, -0.15) is 0 Å². The van der Waals surface area contributed by atoms with Crippen molar-refractivity contribution in [3.63, 3.8) is 0 Å². The molecule has 2 aromatic heterocycles. The molecule has 0 radical (unpaired) electrons. The lowest BCUT2D eigenvalue weighted by molar-refractivity contribution is 1.24. The van der Waals surface area contributed by atoms with Crippen LogP contribution < -0.4 is 5.32 Å². The van der Waals surface area contributed by atoms with Gasteiger partial charge >= 0.3 is 0 Å². The Morgan fingerprint density at radius 2 is 2.00 bits per heavy atom. The predicted molar refractivity (Wildman–Crippen MR) is 84.3 cm³/mol. The number of hydrogen-bond acceptors (Lipinski definition) is 4. The Morgan fingerprint density at radius 1 is 1.16 bits per heavy atom. The zero-order valence-electron chi connectivity index (χ0n) is 10.6. The van der Waals surface area contributed by atoms with Crippen LogP contribution in [0.5, 0.6) is 0 Å². The molecule has 0 unspecified atom stereocenters. The topological polar surface area (TPSA) is 37.8 Å². The fourth-order valence-corrected chi connectivity index (χ4v) is 3.34. The van der Waals surface area contributed by atoms with Gasteiger partial charge in [-0.15, -0.1) is 0 Å². The zero-order chi connectivity index (χ0) is 13.4. The highest BCUT2D eigenvalue weighted by atomic mass is 79.9. The molecule has 3 nitrogen and oxygen atoms in total. The van der Waals surface area contributed by atoms with Crippen molar-refractivity contribution in [2.45, 2.75) is 13.8 Å². The lowest BCUT2D eigenvalue weighted by Crippen LogP contribution is -1.94. The Morgan fingerprint density at radius 3 is 2.79 bits per heavy atom. The molecule has 96 valence electrons. The molecule has 0 spiro atoms. The van der Waals surface area contributed by atoms with Crippen molar-refractivity contribution in [1.82, 2.24) is 9.97 Å². The number of fused-ring (bicyclic) bond motifs is 1. The van der Waals surface area contributed by atoms with Crippen molar-refractivity contribution < 1.29 is 0 Å². The average Bonchev–Trinajstić information content (AvgIpc) is 2.74. The second-order valence-electron chi connectivity index (χ2n) is 4.46. The zero-order valence-corrected chi connectivity index (χ0v) is 13.0. The van der Waals surface area contributed by atoms with Gasteiger partial charge < -0.3 is 5.32 Å². The SMILES string of the molecule is Cc1cnc(Nc2nc3ccc(C)cc3s2)c(Br)c1. The number of rotatable bonds is 2. The quantitative estimate of drug-likeness (QED) is 0.730. The van der Waals surface area contributed by atoms with Gasteiger partial charge in [0.2, 0.25) is 0 Å². The van der Waals surface area contributed by atoms with Crippen molar-refractivity contribution >= 4 is 48.4 Å². The minimum absolute atomic E-state index is 0.793. The Labute approximate surface area is 123 Å². The molecule has 0 saturated carbocycles. The smallest absolute Gasteiger partial charge is 0.189 e. The van der Waals surface area contributed by atoms with E-state index in [0.717, 1.165) is 26.5 Å². The Hall–Kier alpha value is -1.46. The third-order valence-corrected chi connectivity index (χ3v) is 4.29. The number of nitrogens with one attached hydrogen (secondary N) is 1. The van der Waals surface area contributed by atoms with Crippen LogP contribution in [0.25, 0.3) is 10.2 Å². The molecule has 0 aliphatic heterocycles. The Balaban J connectivity index is 1.96. The largest absolute Gasteiger partial charge is 0.315 e. The predicted octanol–water partition coefficient (Wildman–Crippen LogP) is 4.81. The second-order valence-corrected chi connectivity index (χ2v) is 6.34. The maximum atomic E-state index is 4.56. The summed E-state index contributed by atoms with van der Waals surface area (Å²) >= 11 is 5.15. The van der Waals surface area contributed by atoms with Gasteiger partial charge in [-0.1, -0.05) is 17.4 Å². The van der Waals surface area contributed by atoms with Crippen molar-refractivity contribution in [2.75, 3.05) is 5.32 Å². The van der Waals surface area contributed by atoms with Crippen LogP contribution >= 0.6 is 27.3 Å². The summed E-state index contributed by atoms with van der Waals surface area (Å²) in [7, 11) is 0. The monoisotopic (exact) mass is 333 g/mol. The fraction of sp³-hybridized carbons (Fsp3) is 0.143. The summed E-state index contributed by atoms with van der Waals surface area (Å²) in [5.41, 5.74) is 3.39. The second kappa shape index (κ2) is 4.90. The normalized spacial score (nSPS) is 10.9. The number of nitrogens with zero attached hydrogens (tertiary/aromatic N) is 2. The van der Waals surface area contributed by atoms with Crippen LogP contribution in [0.15, 0.2) is 34.9 Å². The molecule has 0 aliphatic rings. The van der Waals surface area contributed by atoms with E-state index in [1.165, 1.54) is 10.3 Å². The highest BCUT2D eigenvalue weighted by Crippen LogP contribution is 2.30. The molecule has 3 rings (SSSR count). The molecule has 1 N–H and O–H groups in total. The molecule has 0 amide bonds. The average molecular weight is 334 g/mol. The van der Waals surface area contributed by atoms with Gasteiger partial charge in [0.1, 0.15) is 5.82 Å². The van der Waals surface area contributed by atoms with Crippen LogP contribution in [0.4, 0.5) is 10.9 Å². The van der Waals surface area contributed by atoms with Gasteiger partial charge in [-0.05, 0) is 59.1 Å². The maximum Gasteiger partial charge on any atom is 0.189 e. The minimum atomic E-state index is 0.793. The number of hydrogen-bond donors (Lipinski definition) is 1. The molecule has 0 fully saturated rings. The lowest BCUT2D eigenvalue weighted by atomic mass is 10.2. The fourth-order valence-electron chi connectivity index (χ4n) is 1.81. The summed E-state index contributed by atoms with van der Waals surface area (Å²) in [5, 5.41) is 4.12. The maximum absolute atomic E-state index is 4.56. The summed E-state index contributed by atoms with van der Waals surface area (Å²) in [5.74, 6) is 0.793. The Bertz CT molecular complexity index is 752. The van der Waals surface area contributed by atoms with E-state index in [1.807, 2.05) is 25.3 Å². The van der Waals surface area contributed by atoms with E-state index in [-0.39, 0.29) is 0 Å². The molecule has 0 bridgehead atoms. The third kappa shape index (κ3) is 2.62. The summed E-state index contributed by atoms with van der Waals surface area (Å²) in [6.45, 7) is 4.10. The molecular weight excluding hydrogens is 322 g/mol. The van der Waals surface area contributed by atoms with Gasteiger partial charge in [-0.25, -0.2) is 9.97 Å². The lowest BCUT2D eigenvalue weighted by Gasteiger charge is -2.04. The van der Waals surface area contributed by atoms with E-state index in [4.69, 9.17) is 0 Å². The first-order valence-corrected chi connectivity index (χ1v) is 7.49. The van der Waals surface area contributed by atoms with Crippen molar-refractivity contribution in [2.24, 2.45) is 0 Å². The van der Waals surface area contributed by atoms with Gasteiger partial charge in [-0.3, -0.25) is 0 Å². The summed E-state index contributed by atoms with van der Waals surface area (Å²) in [6, 6.07) is 8.30.